The van der Waals surface area contributed by atoms with Crippen molar-refractivity contribution in [3.63, 3.8) is 0 Å². The van der Waals surface area contributed by atoms with Crippen molar-refractivity contribution in [2.24, 2.45) is 0 Å². The number of halogens is 3. The third-order valence-corrected chi connectivity index (χ3v) is 2.39. The minimum absolute atomic E-state index is 0.000000945. The monoisotopic (exact) mass is 272 g/mol. The highest BCUT2D eigenvalue weighted by Gasteiger charge is 2.34. The molecule has 0 spiro atoms. The quantitative estimate of drug-likeness (QED) is 0.805. The molecule has 100 valence electrons. The van der Waals surface area contributed by atoms with Gasteiger partial charge in [0, 0.05) is 6.07 Å². The lowest BCUT2D eigenvalue weighted by molar-refractivity contribution is -0.152. The van der Waals surface area contributed by atoms with Crippen LogP contribution >= 0.6 is 0 Å². The second-order valence-corrected chi connectivity index (χ2v) is 3.71. The Morgan fingerprint density at radius 3 is 2.63 bits per heavy atom. The molecule has 0 saturated heterocycles. The summed E-state index contributed by atoms with van der Waals surface area (Å²) in [6.45, 7) is 0.166. The predicted molar refractivity (Wildman–Crippen MR) is 58.3 cm³/mol. The number of rotatable bonds is 3. The molecule has 0 N–H and O–H groups in total. The zero-order valence-electron chi connectivity index (χ0n) is 9.36. The summed E-state index contributed by atoms with van der Waals surface area (Å²) in [5.74, 6) is -1.35. The lowest BCUT2D eigenvalue weighted by Gasteiger charge is -2.07. The van der Waals surface area contributed by atoms with E-state index in [1.165, 1.54) is 18.2 Å². The number of benzene rings is 1. The van der Waals surface area contributed by atoms with E-state index >= 15 is 0 Å². The Kier molecular flexibility index (Phi) is 3.28. The molecule has 2 aromatic rings. The van der Waals surface area contributed by atoms with Gasteiger partial charge < -0.3 is 9.15 Å². The van der Waals surface area contributed by atoms with E-state index in [-0.39, 0.29) is 24.0 Å². The number of hydrogen-bond donors (Lipinski definition) is 0. The van der Waals surface area contributed by atoms with Crippen LogP contribution in [0.15, 0.2) is 33.5 Å². The summed E-state index contributed by atoms with van der Waals surface area (Å²) < 4.78 is 46.5. The highest BCUT2D eigenvalue weighted by molar-refractivity contribution is 5.77. The Morgan fingerprint density at radius 2 is 2.00 bits per heavy atom. The number of carbonyl (C=O) groups is 1. The summed E-state index contributed by atoms with van der Waals surface area (Å²) in [5, 5.41) is -0.000000945. The maximum atomic E-state index is 12.5. The fraction of sp³-hybridized carbons (Fsp3) is 0.167. The maximum absolute atomic E-state index is 12.5. The van der Waals surface area contributed by atoms with Crippen LogP contribution in [0.25, 0.3) is 11.0 Å². The summed E-state index contributed by atoms with van der Waals surface area (Å²) in [7, 11) is 0. The van der Waals surface area contributed by atoms with Crippen LogP contribution in [-0.2, 0) is 22.3 Å². The van der Waals surface area contributed by atoms with Crippen molar-refractivity contribution in [2.45, 2.75) is 12.8 Å². The molecule has 1 aromatic carbocycles. The van der Waals surface area contributed by atoms with Crippen LogP contribution in [0, 0.1) is 0 Å². The molecule has 7 heteroatoms. The third kappa shape index (κ3) is 2.75. The van der Waals surface area contributed by atoms with Crippen LogP contribution < -0.4 is 5.43 Å². The fourth-order valence-corrected chi connectivity index (χ4v) is 1.56. The molecule has 19 heavy (non-hydrogen) atoms. The molecule has 0 bridgehead atoms. The van der Waals surface area contributed by atoms with Crippen molar-refractivity contribution in [1.29, 1.82) is 0 Å². The first-order valence-electron chi connectivity index (χ1n) is 5.11. The molecule has 0 aliphatic heterocycles. The summed E-state index contributed by atoms with van der Waals surface area (Å²) in [4.78, 5) is 21.6. The Morgan fingerprint density at radius 1 is 1.26 bits per heavy atom. The van der Waals surface area contributed by atoms with Gasteiger partial charge in [-0.1, -0.05) is 6.07 Å². The van der Waals surface area contributed by atoms with Gasteiger partial charge in [-0.05, 0) is 17.7 Å². The molecule has 0 aliphatic carbocycles. The number of ether oxygens (including phenoxy) is 1. The zero-order chi connectivity index (χ0) is 14.0. The zero-order valence-corrected chi connectivity index (χ0v) is 9.36. The number of hydrogen-bond acceptors (Lipinski definition) is 4. The average molecular weight is 272 g/mol. The highest BCUT2D eigenvalue weighted by atomic mass is 19.4. The highest BCUT2D eigenvalue weighted by Crippen LogP contribution is 2.30. The summed E-state index contributed by atoms with van der Waals surface area (Å²) >= 11 is 0. The number of carbonyl (C=O) groups excluding carboxylic acids is 1. The molecular formula is C12H7F3O4. The van der Waals surface area contributed by atoms with Crippen molar-refractivity contribution < 1.29 is 27.1 Å². The molecule has 2 rings (SSSR count). The predicted octanol–water partition coefficient (Wildman–Crippen LogP) is 2.48. The van der Waals surface area contributed by atoms with Crippen LogP contribution in [0.2, 0.25) is 0 Å². The molecule has 0 unspecified atom stereocenters. The fourth-order valence-electron chi connectivity index (χ4n) is 1.56. The largest absolute Gasteiger partial charge is 0.463 e. The van der Waals surface area contributed by atoms with Crippen molar-refractivity contribution >= 4 is 17.4 Å². The first-order valence-corrected chi connectivity index (χ1v) is 5.11. The summed E-state index contributed by atoms with van der Waals surface area (Å²) in [5.41, 5.74) is -0.497. The van der Waals surface area contributed by atoms with Crippen molar-refractivity contribution in [2.75, 3.05) is 0 Å². The van der Waals surface area contributed by atoms with Gasteiger partial charge in [0.2, 0.25) is 5.76 Å². The topological polar surface area (TPSA) is 56.5 Å². The van der Waals surface area contributed by atoms with E-state index < -0.39 is 17.4 Å². The smallest absolute Gasteiger partial charge is 0.449 e. The summed E-state index contributed by atoms with van der Waals surface area (Å²) in [6, 6.07) is 4.36. The molecule has 0 atom stereocenters. The lowest BCUT2D eigenvalue weighted by atomic mass is 10.1. The minimum atomic E-state index is -4.72. The molecule has 0 radical (unpaired) electrons. The average Bonchev–Trinajstić information content (AvgIpc) is 2.35. The SMILES string of the molecule is O=COCc1ccc2oc(C(F)(F)F)cc(=O)c2c1. The molecule has 4 nitrogen and oxygen atoms in total. The van der Waals surface area contributed by atoms with Gasteiger partial charge in [-0.25, -0.2) is 0 Å². The van der Waals surface area contributed by atoms with E-state index in [2.05, 4.69) is 9.15 Å². The lowest BCUT2D eigenvalue weighted by Crippen LogP contribution is -2.11. The van der Waals surface area contributed by atoms with Crippen molar-refractivity contribution in [3.8, 4) is 0 Å². The van der Waals surface area contributed by atoms with Crippen LogP contribution in [0.5, 0.6) is 0 Å². The minimum Gasteiger partial charge on any atom is -0.463 e. The molecule has 1 aromatic heterocycles. The molecule has 0 aliphatic rings. The van der Waals surface area contributed by atoms with Crippen LogP contribution in [-0.4, -0.2) is 6.47 Å². The van der Waals surface area contributed by atoms with Crippen LogP contribution in [0.1, 0.15) is 11.3 Å². The second kappa shape index (κ2) is 4.75. The summed E-state index contributed by atoms with van der Waals surface area (Å²) in [6.07, 6.45) is -4.72. The normalized spacial score (nSPS) is 11.5. The molecular weight excluding hydrogens is 265 g/mol. The first kappa shape index (κ1) is 13.1. The van der Waals surface area contributed by atoms with Gasteiger partial charge >= 0.3 is 6.18 Å². The van der Waals surface area contributed by atoms with E-state index in [9.17, 15) is 22.8 Å². The number of alkyl halides is 3. The van der Waals surface area contributed by atoms with Gasteiger partial charge in [0.15, 0.2) is 5.43 Å². The number of fused-ring (bicyclic) bond motifs is 1. The molecule has 0 fully saturated rings. The van der Waals surface area contributed by atoms with Gasteiger partial charge in [0.1, 0.15) is 12.2 Å². The van der Waals surface area contributed by atoms with Gasteiger partial charge in [-0.15, -0.1) is 0 Å². The van der Waals surface area contributed by atoms with Gasteiger partial charge in [-0.2, -0.15) is 13.2 Å². The first-order chi connectivity index (χ1) is 8.91. The van der Waals surface area contributed by atoms with Gasteiger partial charge in [0.05, 0.1) is 5.39 Å². The Bertz CT molecular complexity index is 673. The van der Waals surface area contributed by atoms with Gasteiger partial charge in [-0.3, -0.25) is 9.59 Å². The standard InChI is InChI=1S/C12H7F3O4/c13-12(14,15)11-4-9(17)8-3-7(5-18-6-16)1-2-10(8)19-11/h1-4,6H,5H2. The Hall–Kier alpha value is -2.31. The van der Waals surface area contributed by atoms with Crippen LogP contribution in [0.4, 0.5) is 13.2 Å². The van der Waals surface area contributed by atoms with Gasteiger partial charge in [0.25, 0.3) is 6.47 Å². The van der Waals surface area contributed by atoms with Crippen LogP contribution in [0.3, 0.4) is 0 Å². The van der Waals surface area contributed by atoms with E-state index in [1.54, 1.807) is 0 Å². The Labute approximate surface area is 104 Å². The Balaban J connectivity index is 2.54. The van der Waals surface area contributed by atoms with Crippen molar-refractivity contribution in [1.82, 2.24) is 0 Å². The molecule has 0 amide bonds. The van der Waals surface area contributed by atoms with E-state index in [1.807, 2.05) is 0 Å². The molecule has 0 saturated carbocycles. The maximum Gasteiger partial charge on any atom is 0.449 e. The van der Waals surface area contributed by atoms with E-state index in [4.69, 9.17) is 0 Å². The van der Waals surface area contributed by atoms with E-state index in [0.717, 1.165) is 0 Å². The third-order valence-electron chi connectivity index (χ3n) is 2.39. The second-order valence-electron chi connectivity index (χ2n) is 3.71. The molecule has 1 heterocycles. The van der Waals surface area contributed by atoms with E-state index in [0.29, 0.717) is 11.6 Å². The van der Waals surface area contributed by atoms with Crippen molar-refractivity contribution in [3.05, 3.63) is 45.8 Å².